The number of carbonyl (C=O) groups excluding carboxylic acids is 1. The molecule has 0 aliphatic carbocycles. The molecule has 1 amide bonds. The Hall–Kier alpha value is -3.55. The minimum atomic E-state index is -0.353. The molecule has 8 heteroatoms. The number of hydrogen-bond acceptors (Lipinski definition) is 6. The molecule has 0 fully saturated rings. The Kier molecular flexibility index (Phi) is 3.70. The number of rotatable bonds is 4. The van der Waals surface area contributed by atoms with E-state index in [1.807, 2.05) is 0 Å². The molecule has 1 aliphatic heterocycles. The lowest BCUT2D eigenvalue weighted by Crippen LogP contribution is -2.27. The zero-order valence-electron chi connectivity index (χ0n) is 13.0. The SMILES string of the molecule is O=C(Cn1cnc(-c2ccco2)cc1=O)Nc1ccc2c(c1)OCO2. The third-order valence-corrected chi connectivity index (χ3v) is 3.62. The fraction of sp³-hybridized carbons (Fsp3) is 0.118. The van der Waals surface area contributed by atoms with E-state index < -0.39 is 0 Å². The first kappa shape index (κ1) is 15.0. The molecule has 126 valence electrons. The van der Waals surface area contributed by atoms with Gasteiger partial charge in [0.2, 0.25) is 12.7 Å². The monoisotopic (exact) mass is 339 g/mol. The number of amides is 1. The number of hydrogen-bond donors (Lipinski definition) is 1. The van der Waals surface area contributed by atoms with Crippen LogP contribution in [0.3, 0.4) is 0 Å². The van der Waals surface area contributed by atoms with Crippen LogP contribution in [-0.2, 0) is 11.3 Å². The average molecular weight is 339 g/mol. The van der Waals surface area contributed by atoms with Crippen molar-refractivity contribution in [3.63, 3.8) is 0 Å². The first-order valence-electron chi connectivity index (χ1n) is 7.49. The molecule has 1 aliphatic rings. The molecule has 4 rings (SSSR count). The van der Waals surface area contributed by atoms with Gasteiger partial charge in [-0.1, -0.05) is 0 Å². The van der Waals surface area contributed by atoms with Crippen molar-refractivity contribution in [2.75, 3.05) is 12.1 Å². The number of fused-ring (bicyclic) bond motifs is 1. The minimum absolute atomic E-state index is 0.154. The third-order valence-electron chi connectivity index (χ3n) is 3.62. The number of furan rings is 1. The molecule has 0 unspecified atom stereocenters. The molecule has 2 aromatic heterocycles. The van der Waals surface area contributed by atoms with Gasteiger partial charge in [-0.3, -0.25) is 14.2 Å². The fourth-order valence-corrected chi connectivity index (χ4v) is 2.43. The maximum Gasteiger partial charge on any atom is 0.254 e. The van der Waals surface area contributed by atoms with Crippen LogP contribution in [0.2, 0.25) is 0 Å². The second-order valence-electron chi connectivity index (χ2n) is 5.33. The predicted molar refractivity (Wildman–Crippen MR) is 87.4 cm³/mol. The van der Waals surface area contributed by atoms with Crippen LogP contribution >= 0.6 is 0 Å². The van der Waals surface area contributed by atoms with Crippen LogP contribution in [0.4, 0.5) is 5.69 Å². The number of nitrogens with one attached hydrogen (secondary N) is 1. The van der Waals surface area contributed by atoms with Crippen LogP contribution in [0.5, 0.6) is 11.5 Å². The quantitative estimate of drug-likeness (QED) is 0.780. The van der Waals surface area contributed by atoms with E-state index >= 15 is 0 Å². The van der Waals surface area contributed by atoms with E-state index in [0.717, 1.165) is 0 Å². The Morgan fingerprint density at radius 3 is 2.88 bits per heavy atom. The largest absolute Gasteiger partial charge is 0.463 e. The molecule has 25 heavy (non-hydrogen) atoms. The first-order valence-corrected chi connectivity index (χ1v) is 7.49. The van der Waals surface area contributed by atoms with Crippen molar-refractivity contribution < 1.29 is 18.7 Å². The van der Waals surface area contributed by atoms with Gasteiger partial charge in [-0.05, 0) is 24.3 Å². The van der Waals surface area contributed by atoms with Gasteiger partial charge in [-0.15, -0.1) is 0 Å². The van der Waals surface area contributed by atoms with Gasteiger partial charge in [0.1, 0.15) is 12.2 Å². The lowest BCUT2D eigenvalue weighted by Gasteiger charge is -2.08. The highest BCUT2D eigenvalue weighted by molar-refractivity contribution is 5.91. The number of nitrogens with zero attached hydrogens (tertiary/aromatic N) is 2. The lowest BCUT2D eigenvalue weighted by molar-refractivity contribution is -0.116. The lowest BCUT2D eigenvalue weighted by atomic mass is 10.2. The number of benzene rings is 1. The van der Waals surface area contributed by atoms with Crippen molar-refractivity contribution in [1.29, 1.82) is 0 Å². The van der Waals surface area contributed by atoms with E-state index in [4.69, 9.17) is 13.9 Å². The maximum atomic E-state index is 12.2. The maximum absolute atomic E-state index is 12.2. The van der Waals surface area contributed by atoms with Crippen molar-refractivity contribution in [2.24, 2.45) is 0 Å². The summed E-state index contributed by atoms with van der Waals surface area (Å²) < 4.78 is 16.9. The Balaban J connectivity index is 1.46. The normalized spacial score (nSPS) is 12.2. The highest BCUT2D eigenvalue weighted by Gasteiger charge is 2.14. The number of anilines is 1. The van der Waals surface area contributed by atoms with Crippen LogP contribution in [0.25, 0.3) is 11.5 Å². The van der Waals surface area contributed by atoms with Crippen molar-refractivity contribution in [3.05, 3.63) is 59.3 Å². The molecule has 1 N–H and O–H groups in total. The van der Waals surface area contributed by atoms with Crippen LogP contribution in [0, 0.1) is 0 Å². The summed E-state index contributed by atoms with van der Waals surface area (Å²) in [4.78, 5) is 28.4. The Bertz CT molecular complexity index is 978. The van der Waals surface area contributed by atoms with Gasteiger partial charge in [-0.25, -0.2) is 4.98 Å². The van der Waals surface area contributed by atoms with Gasteiger partial charge in [0.15, 0.2) is 17.3 Å². The number of carbonyl (C=O) groups is 1. The summed E-state index contributed by atoms with van der Waals surface area (Å²) in [5.41, 5.74) is 0.632. The van der Waals surface area contributed by atoms with E-state index in [-0.39, 0.29) is 24.8 Å². The number of aromatic nitrogens is 2. The summed E-state index contributed by atoms with van der Waals surface area (Å²) in [6.07, 6.45) is 2.82. The Labute approximate surface area is 141 Å². The van der Waals surface area contributed by atoms with E-state index in [0.29, 0.717) is 28.6 Å². The molecule has 0 saturated carbocycles. The first-order chi connectivity index (χ1) is 12.2. The minimum Gasteiger partial charge on any atom is -0.463 e. The molecule has 8 nitrogen and oxygen atoms in total. The van der Waals surface area contributed by atoms with E-state index in [1.54, 1.807) is 30.3 Å². The standard InChI is InChI=1S/C17H13N3O5/c21-16(19-11-3-4-14-15(6-11)25-10-24-14)8-20-9-18-12(7-17(20)22)13-2-1-5-23-13/h1-7,9H,8,10H2,(H,19,21). The van der Waals surface area contributed by atoms with Crippen LogP contribution in [0.15, 0.2) is 58.2 Å². The van der Waals surface area contributed by atoms with Crippen molar-refractivity contribution >= 4 is 11.6 Å². The highest BCUT2D eigenvalue weighted by atomic mass is 16.7. The topological polar surface area (TPSA) is 95.6 Å². The van der Waals surface area contributed by atoms with Crippen LogP contribution in [0.1, 0.15) is 0 Å². The second kappa shape index (κ2) is 6.16. The number of ether oxygens (including phenoxy) is 2. The summed E-state index contributed by atoms with van der Waals surface area (Å²) in [5, 5.41) is 2.71. The molecule has 0 atom stereocenters. The highest BCUT2D eigenvalue weighted by Crippen LogP contribution is 2.34. The molecule has 0 radical (unpaired) electrons. The fourth-order valence-electron chi connectivity index (χ4n) is 2.43. The zero-order valence-corrected chi connectivity index (χ0v) is 13.0. The molecule has 0 saturated heterocycles. The smallest absolute Gasteiger partial charge is 0.254 e. The van der Waals surface area contributed by atoms with Gasteiger partial charge in [0.05, 0.1) is 12.6 Å². The molecular formula is C17H13N3O5. The average Bonchev–Trinajstić information content (AvgIpc) is 3.27. The van der Waals surface area contributed by atoms with Gasteiger partial charge in [0, 0.05) is 17.8 Å². The molecule has 0 bridgehead atoms. The Morgan fingerprint density at radius 2 is 2.08 bits per heavy atom. The molecule has 3 heterocycles. The summed E-state index contributed by atoms with van der Waals surface area (Å²) in [6, 6.07) is 9.82. The van der Waals surface area contributed by atoms with Crippen molar-refractivity contribution in [1.82, 2.24) is 9.55 Å². The van der Waals surface area contributed by atoms with E-state index in [9.17, 15) is 9.59 Å². The molecular weight excluding hydrogens is 326 g/mol. The van der Waals surface area contributed by atoms with Gasteiger partial charge < -0.3 is 19.2 Å². The van der Waals surface area contributed by atoms with E-state index in [2.05, 4.69) is 10.3 Å². The summed E-state index contributed by atoms with van der Waals surface area (Å²) in [5.74, 6) is 1.34. The molecule has 1 aromatic carbocycles. The van der Waals surface area contributed by atoms with Gasteiger partial charge in [0.25, 0.3) is 5.56 Å². The third kappa shape index (κ3) is 3.09. The van der Waals surface area contributed by atoms with Gasteiger partial charge in [-0.2, -0.15) is 0 Å². The summed E-state index contributed by atoms with van der Waals surface area (Å²) in [6.45, 7) is 0.00846. The van der Waals surface area contributed by atoms with Crippen LogP contribution in [-0.4, -0.2) is 22.3 Å². The second-order valence-corrected chi connectivity index (χ2v) is 5.33. The van der Waals surface area contributed by atoms with Crippen molar-refractivity contribution in [2.45, 2.75) is 6.54 Å². The summed E-state index contributed by atoms with van der Waals surface area (Å²) in [7, 11) is 0. The molecule has 3 aromatic rings. The Morgan fingerprint density at radius 1 is 1.20 bits per heavy atom. The van der Waals surface area contributed by atoms with Gasteiger partial charge >= 0.3 is 0 Å². The van der Waals surface area contributed by atoms with Crippen molar-refractivity contribution in [3.8, 4) is 23.0 Å². The van der Waals surface area contributed by atoms with Crippen LogP contribution < -0.4 is 20.3 Å². The summed E-state index contributed by atoms with van der Waals surface area (Å²) >= 11 is 0. The predicted octanol–water partition coefficient (Wildman–Crippen LogP) is 1.87. The van der Waals surface area contributed by atoms with E-state index in [1.165, 1.54) is 23.2 Å². The zero-order chi connectivity index (χ0) is 17.2. The molecule has 0 spiro atoms.